The third kappa shape index (κ3) is 3.74. The van der Waals surface area contributed by atoms with Gasteiger partial charge in [-0.1, -0.05) is 12.1 Å². The largest absolute Gasteiger partial charge is 0.327 e. The quantitative estimate of drug-likeness (QED) is 0.864. The average molecular weight is 245 g/mol. The van der Waals surface area contributed by atoms with E-state index >= 15 is 0 Å². The van der Waals surface area contributed by atoms with Gasteiger partial charge in [-0.3, -0.25) is 4.90 Å². The molecule has 1 aliphatic rings. The monoisotopic (exact) mass is 244 g/mol. The van der Waals surface area contributed by atoms with Crippen molar-refractivity contribution in [3.63, 3.8) is 0 Å². The molecule has 0 saturated carbocycles. The highest BCUT2D eigenvalue weighted by atomic mass is 35.5. The smallest absolute Gasteiger partial charge is 0.123 e. The Balaban J connectivity index is 0.00000128. The molecular weight excluding hydrogens is 227 g/mol. The summed E-state index contributed by atoms with van der Waals surface area (Å²) in [5.41, 5.74) is 6.92. The molecule has 1 aromatic carbocycles. The summed E-state index contributed by atoms with van der Waals surface area (Å²) in [7, 11) is 0. The molecule has 0 aliphatic carbocycles. The first-order valence-corrected chi connectivity index (χ1v) is 5.46. The summed E-state index contributed by atoms with van der Waals surface area (Å²) in [4.78, 5) is 2.29. The highest BCUT2D eigenvalue weighted by Crippen LogP contribution is 2.13. The lowest BCUT2D eigenvalue weighted by atomic mass is 10.1. The van der Waals surface area contributed by atoms with E-state index in [-0.39, 0.29) is 24.3 Å². The van der Waals surface area contributed by atoms with Crippen molar-refractivity contribution in [3.8, 4) is 0 Å². The number of piperidine rings is 1. The zero-order valence-electron chi connectivity index (χ0n) is 9.23. The maximum Gasteiger partial charge on any atom is 0.123 e. The van der Waals surface area contributed by atoms with Gasteiger partial charge < -0.3 is 5.73 Å². The number of rotatable bonds is 2. The normalized spacial score (nSPS) is 21.5. The molecule has 1 aliphatic heterocycles. The van der Waals surface area contributed by atoms with Crippen LogP contribution in [0, 0.1) is 5.82 Å². The summed E-state index contributed by atoms with van der Waals surface area (Å²) in [6.07, 6.45) is 2.26. The van der Waals surface area contributed by atoms with Crippen LogP contribution < -0.4 is 5.73 Å². The van der Waals surface area contributed by atoms with Crippen molar-refractivity contribution >= 4 is 12.4 Å². The Hall–Kier alpha value is -0.640. The lowest BCUT2D eigenvalue weighted by molar-refractivity contribution is 0.201. The van der Waals surface area contributed by atoms with E-state index in [1.807, 2.05) is 6.07 Å². The lowest BCUT2D eigenvalue weighted by Crippen LogP contribution is -2.42. The summed E-state index contributed by atoms with van der Waals surface area (Å²) in [5.74, 6) is -0.159. The predicted molar refractivity (Wildman–Crippen MR) is 66.1 cm³/mol. The van der Waals surface area contributed by atoms with E-state index in [1.165, 1.54) is 6.07 Å². The summed E-state index contributed by atoms with van der Waals surface area (Å²) < 4.78 is 13.0. The summed E-state index contributed by atoms with van der Waals surface area (Å²) >= 11 is 0. The van der Waals surface area contributed by atoms with Gasteiger partial charge in [-0.25, -0.2) is 4.39 Å². The van der Waals surface area contributed by atoms with Crippen molar-refractivity contribution in [2.24, 2.45) is 5.73 Å². The van der Waals surface area contributed by atoms with E-state index < -0.39 is 0 Å². The second-order valence-electron chi connectivity index (χ2n) is 4.27. The zero-order chi connectivity index (χ0) is 10.7. The van der Waals surface area contributed by atoms with Crippen molar-refractivity contribution in [3.05, 3.63) is 35.6 Å². The summed E-state index contributed by atoms with van der Waals surface area (Å²) in [6, 6.07) is 7.08. The first-order chi connectivity index (χ1) is 7.24. The first-order valence-electron chi connectivity index (χ1n) is 5.46. The molecule has 0 unspecified atom stereocenters. The average Bonchev–Trinajstić information content (AvgIpc) is 2.17. The molecule has 2 N–H and O–H groups in total. The third-order valence-corrected chi connectivity index (χ3v) is 2.84. The summed E-state index contributed by atoms with van der Waals surface area (Å²) in [6.45, 7) is 2.81. The van der Waals surface area contributed by atoms with Crippen LogP contribution in [0.5, 0.6) is 0 Å². The predicted octanol–water partition coefficient (Wildman–Crippen LogP) is 2.17. The Kier molecular flexibility index (Phi) is 5.19. The van der Waals surface area contributed by atoms with Gasteiger partial charge in [-0.2, -0.15) is 0 Å². The zero-order valence-corrected chi connectivity index (χ0v) is 10.0. The minimum Gasteiger partial charge on any atom is -0.327 e. The molecule has 0 radical (unpaired) electrons. The van der Waals surface area contributed by atoms with Gasteiger partial charge in [0.15, 0.2) is 0 Å². The van der Waals surface area contributed by atoms with Gasteiger partial charge in [0.05, 0.1) is 0 Å². The second kappa shape index (κ2) is 6.18. The van der Waals surface area contributed by atoms with E-state index in [0.29, 0.717) is 0 Å². The van der Waals surface area contributed by atoms with E-state index in [2.05, 4.69) is 4.90 Å². The number of hydrogen-bond acceptors (Lipinski definition) is 2. The molecule has 1 aromatic rings. The van der Waals surface area contributed by atoms with Crippen LogP contribution in [0.4, 0.5) is 4.39 Å². The SMILES string of the molecule is Cl.N[C@@H]1CCCN(Cc2cccc(F)c2)C1. The first kappa shape index (κ1) is 13.4. The van der Waals surface area contributed by atoms with Gasteiger partial charge in [0.25, 0.3) is 0 Å². The molecular formula is C12H18ClFN2. The highest BCUT2D eigenvalue weighted by molar-refractivity contribution is 5.85. The molecule has 4 heteroatoms. The van der Waals surface area contributed by atoms with Crippen LogP contribution in [0.3, 0.4) is 0 Å². The van der Waals surface area contributed by atoms with E-state index in [1.54, 1.807) is 12.1 Å². The molecule has 16 heavy (non-hydrogen) atoms. The van der Waals surface area contributed by atoms with Crippen LogP contribution in [-0.4, -0.2) is 24.0 Å². The molecule has 0 bridgehead atoms. The topological polar surface area (TPSA) is 29.3 Å². The maximum absolute atomic E-state index is 13.0. The maximum atomic E-state index is 13.0. The second-order valence-corrected chi connectivity index (χ2v) is 4.27. The van der Waals surface area contributed by atoms with Crippen molar-refractivity contribution in [1.82, 2.24) is 4.90 Å². The van der Waals surface area contributed by atoms with Crippen molar-refractivity contribution in [2.75, 3.05) is 13.1 Å². The van der Waals surface area contributed by atoms with Crippen molar-refractivity contribution in [1.29, 1.82) is 0 Å². The fourth-order valence-electron chi connectivity index (χ4n) is 2.13. The van der Waals surface area contributed by atoms with Gasteiger partial charge >= 0.3 is 0 Å². The van der Waals surface area contributed by atoms with Crippen LogP contribution in [0.15, 0.2) is 24.3 Å². The molecule has 1 heterocycles. The minimum atomic E-state index is -0.159. The highest BCUT2D eigenvalue weighted by Gasteiger charge is 2.16. The standard InChI is InChI=1S/C12H17FN2.ClH/c13-11-4-1-3-10(7-11)8-15-6-2-5-12(14)9-15;/h1,3-4,7,12H,2,5-6,8-9,14H2;1H/t12-;/m1./s1. The molecule has 90 valence electrons. The Morgan fingerprint density at radius 1 is 1.44 bits per heavy atom. The molecule has 0 aromatic heterocycles. The van der Waals surface area contributed by atoms with Crippen LogP contribution in [-0.2, 0) is 6.54 Å². The third-order valence-electron chi connectivity index (χ3n) is 2.84. The van der Waals surface area contributed by atoms with E-state index in [4.69, 9.17) is 5.73 Å². The lowest BCUT2D eigenvalue weighted by Gasteiger charge is -2.30. The number of nitrogens with zero attached hydrogens (tertiary/aromatic N) is 1. The van der Waals surface area contributed by atoms with Gasteiger partial charge in [0.2, 0.25) is 0 Å². The molecule has 2 nitrogen and oxygen atoms in total. The van der Waals surface area contributed by atoms with Gasteiger partial charge in [0.1, 0.15) is 5.82 Å². The number of nitrogens with two attached hydrogens (primary N) is 1. The Labute approximate surface area is 102 Å². The molecule has 1 atom stereocenters. The fraction of sp³-hybridized carbons (Fsp3) is 0.500. The molecule has 2 rings (SSSR count). The Morgan fingerprint density at radius 3 is 2.94 bits per heavy atom. The number of hydrogen-bond donors (Lipinski definition) is 1. The van der Waals surface area contributed by atoms with Gasteiger partial charge in [-0.15, -0.1) is 12.4 Å². The van der Waals surface area contributed by atoms with Gasteiger partial charge in [-0.05, 0) is 37.1 Å². The molecule has 0 amide bonds. The number of benzene rings is 1. The molecule has 1 fully saturated rings. The van der Waals surface area contributed by atoms with Crippen LogP contribution in [0.1, 0.15) is 18.4 Å². The van der Waals surface area contributed by atoms with Gasteiger partial charge in [0, 0.05) is 19.1 Å². The number of likely N-dealkylation sites (tertiary alicyclic amines) is 1. The van der Waals surface area contributed by atoms with Crippen LogP contribution in [0.25, 0.3) is 0 Å². The Morgan fingerprint density at radius 2 is 2.25 bits per heavy atom. The fourth-order valence-corrected chi connectivity index (χ4v) is 2.13. The number of halogens is 2. The molecule has 1 saturated heterocycles. The van der Waals surface area contributed by atoms with Crippen molar-refractivity contribution in [2.45, 2.75) is 25.4 Å². The minimum absolute atomic E-state index is 0. The Bertz CT molecular complexity index is 333. The molecule has 0 spiro atoms. The van der Waals surface area contributed by atoms with E-state index in [9.17, 15) is 4.39 Å². The van der Waals surface area contributed by atoms with Crippen molar-refractivity contribution < 1.29 is 4.39 Å². The van der Waals surface area contributed by atoms with Crippen LogP contribution >= 0.6 is 12.4 Å². The van der Waals surface area contributed by atoms with E-state index in [0.717, 1.165) is 38.0 Å². The summed E-state index contributed by atoms with van der Waals surface area (Å²) in [5, 5.41) is 0. The van der Waals surface area contributed by atoms with Crippen LogP contribution in [0.2, 0.25) is 0 Å².